The number of nitrogen functional groups attached to an aromatic ring is 1. The lowest BCUT2D eigenvalue weighted by atomic mass is 10.6. The highest BCUT2D eigenvalue weighted by Crippen LogP contribution is 2.23. The summed E-state index contributed by atoms with van der Waals surface area (Å²) >= 11 is 2.48. The molecular formula is C7H8N4S2. The summed E-state index contributed by atoms with van der Waals surface area (Å²) in [4.78, 5) is 8.13. The number of nitrogens with zero attached hydrogens (tertiary/aromatic N) is 3. The van der Waals surface area contributed by atoms with Crippen LogP contribution >= 0.6 is 23.5 Å². The van der Waals surface area contributed by atoms with Crippen LogP contribution in [0.1, 0.15) is 6.92 Å². The van der Waals surface area contributed by atoms with Crippen molar-refractivity contribution in [3.8, 4) is 5.40 Å². The smallest absolute Gasteiger partial charge is 0.188 e. The molecule has 0 aliphatic carbocycles. The lowest BCUT2D eigenvalue weighted by Crippen LogP contribution is -1.95. The summed E-state index contributed by atoms with van der Waals surface area (Å²) in [5.41, 5.74) is 6.02. The number of hydrogen-bond donors (Lipinski definition) is 1. The van der Waals surface area contributed by atoms with E-state index in [4.69, 9.17) is 11.0 Å². The first-order chi connectivity index (χ1) is 6.27. The third-order valence-corrected chi connectivity index (χ3v) is 2.53. The molecule has 0 saturated carbocycles. The molecule has 0 bridgehead atoms. The van der Waals surface area contributed by atoms with E-state index in [0.29, 0.717) is 15.9 Å². The fourth-order valence-electron chi connectivity index (χ4n) is 0.684. The molecule has 0 aliphatic rings. The molecule has 0 saturated heterocycles. The summed E-state index contributed by atoms with van der Waals surface area (Å²) in [6, 6.07) is 0. The van der Waals surface area contributed by atoms with Crippen LogP contribution in [0.15, 0.2) is 16.4 Å². The number of aromatic nitrogens is 2. The number of thiocyanates is 1. The molecule has 4 nitrogen and oxygen atoms in total. The van der Waals surface area contributed by atoms with Gasteiger partial charge in [-0.05, 0) is 5.75 Å². The molecule has 13 heavy (non-hydrogen) atoms. The zero-order valence-corrected chi connectivity index (χ0v) is 8.65. The molecular weight excluding hydrogens is 204 g/mol. The summed E-state index contributed by atoms with van der Waals surface area (Å²) in [5.74, 6) is 0.903. The minimum Gasteiger partial charge on any atom is -0.395 e. The number of thioether (sulfide) groups is 2. The Labute approximate surface area is 84.9 Å². The van der Waals surface area contributed by atoms with Gasteiger partial charge in [0.1, 0.15) is 10.4 Å². The van der Waals surface area contributed by atoms with Crippen LogP contribution in [0.3, 0.4) is 0 Å². The lowest BCUT2D eigenvalue weighted by molar-refractivity contribution is 0.900. The van der Waals surface area contributed by atoms with Crippen molar-refractivity contribution in [2.75, 3.05) is 11.5 Å². The van der Waals surface area contributed by atoms with Gasteiger partial charge in [-0.2, -0.15) is 5.26 Å². The summed E-state index contributed by atoms with van der Waals surface area (Å²) < 4.78 is 0. The number of nitrogens with two attached hydrogens (primary N) is 1. The molecule has 0 aromatic carbocycles. The van der Waals surface area contributed by atoms with E-state index in [1.54, 1.807) is 0 Å². The quantitative estimate of drug-likeness (QED) is 0.356. The number of rotatable bonds is 3. The Morgan fingerprint density at radius 1 is 1.69 bits per heavy atom. The van der Waals surface area contributed by atoms with Crippen LogP contribution in [0.5, 0.6) is 0 Å². The van der Waals surface area contributed by atoms with E-state index < -0.39 is 0 Å². The molecule has 0 spiro atoms. The van der Waals surface area contributed by atoms with Gasteiger partial charge in [0.25, 0.3) is 0 Å². The summed E-state index contributed by atoms with van der Waals surface area (Å²) in [6.07, 6.45) is 1.53. The summed E-state index contributed by atoms with van der Waals surface area (Å²) in [6.45, 7) is 2.02. The van der Waals surface area contributed by atoms with E-state index in [2.05, 4.69) is 9.97 Å². The lowest BCUT2D eigenvalue weighted by Gasteiger charge is -2.00. The molecule has 6 heteroatoms. The number of anilines is 1. The maximum Gasteiger partial charge on any atom is 0.188 e. The van der Waals surface area contributed by atoms with Crippen molar-refractivity contribution in [1.29, 1.82) is 5.26 Å². The fourth-order valence-corrected chi connectivity index (χ4v) is 1.67. The van der Waals surface area contributed by atoms with Crippen molar-refractivity contribution in [3.63, 3.8) is 0 Å². The van der Waals surface area contributed by atoms with Gasteiger partial charge in [0, 0.05) is 11.8 Å². The van der Waals surface area contributed by atoms with Crippen LogP contribution in [0.25, 0.3) is 0 Å². The minimum absolute atomic E-state index is 0.451. The monoisotopic (exact) mass is 212 g/mol. The second kappa shape index (κ2) is 4.94. The molecule has 0 fully saturated rings. The second-order valence-electron chi connectivity index (χ2n) is 2.04. The van der Waals surface area contributed by atoms with E-state index in [1.807, 2.05) is 12.3 Å². The van der Waals surface area contributed by atoms with Gasteiger partial charge in [0.15, 0.2) is 5.16 Å². The molecule has 0 radical (unpaired) electrons. The molecule has 0 aliphatic heterocycles. The fraction of sp³-hybridized carbons (Fsp3) is 0.286. The van der Waals surface area contributed by atoms with Crippen LogP contribution in [-0.4, -0.2) is 15.7 Å². The Bertz CT molecular complexity index is 334. The van der Waals surface area contributed by atoms with Gasteiger partial charge in [-0.1, -0.05) is 18.7 Å². The Morgan fingerprint density at radius 3 is 3.08 bits per heavy atom. The first kappa shape index (κ1) is 10.2. The Hall–Kier alpha value is -0.930. The number of nitriles is 1. The molecule has 0 unspecified atom stereocenters. The Morgan fingerprint density at radius 2 is 2.46 bits per heavy atom. The van der Waals surface area contributed by atoms with Gasteiger partial charge in [-0.15, -0.1) is 0 Å². The standard InChI is InChI=1S/C7H8N4S2/c1-2-12-7-10-3-5(9)6(11-7)13-4-8/h3H,2,9H2,1H3. The maximum atomic E-state index is 8.46. The van der Waals surface area contributed by atoms with Crippen LogP contribution in [0, 0.1) is 10.7 Å². The molecule has 0 atom stereocenters. The zero-order valence-electron chi connectivity index (χ0n) is 7.02. The SMILES string of the molecule is CCSc1ncc(N)c(SC#N)n1. The molecule has 1 rings (SSSR count). The van der Waals surface area contributed by atoms with Crippen molar-refractivity contribution in [3.05, 3.63) is 6.20 Å². The van der Waals surface area contributed by atoms with Crippen molar-refractivity contribution < 1.29 is 0 Å². The van der Waals surface area contributed by atoms with Gasteiger partial charge < -0.3 is 5.73 Å². The molecule has 1 aromatic rings. The topological polar surface area (TPSA) is 75.6 Å². The van der Waals surface area contributed by atoms with E-state index in [-0.39, 0.29) is 0 Å². The predicted octanol–water partition coefficient (Wildman–Crippen LogP) is 1.74. The van der Waals surface area contributed by atoms with Gasteiger partial charge in [-0.3, -0.25) is 0 Å². The third kappa shape index (κ3) is 2.79. The Balaban J connectivity index is 2.91. The first-order valence-electron chi connectivity index (χ1n) is 3.59. The summed E-state index contributed by atoms with van der Waals surface area (Å²) in [5, 5.41) is 11.6. The highest BCUT2D eigenvalue weighted by atomic mass is 32.2. The van der Waals surface area contributed by atoms with Gasteiger partial charge in [0.05, 0.1) is 11.9 Å². The Kier molecular flexibility index (Phi) is 3.86. The van der Waals surface area contributed by atoms with Crippen LogP contribution in [-0.2, 0) is 0 Å². The molecule has 68 valence electrons. The van der Waals surface area contributed by atoms with Crippen molar-refractivity contribution in [1.82, 2.24) is 9.97 Å². The van der Waals surface area contributed by atoms with Crippen LogP contribution in [0.4, 0.5) is 5.69 Å². The molecule has 1 aromatic heterocycles. The maximum absolute atomic E-state index is 8.46. The predicted molar refractivity (Wildman–Crippen MR) is 54.3 cm³/mol. The van der Waals surface area contributed by atoms with Crippen molar-refractivity contribution in [2.45, 2.75) is 17.1 Å². The first-order valence-corrected chi connectivity index (χ1v) is 5.39. The average molecular weight is 212 g/mol. The van der Waals surface area contributed by atoms with Crippen molar-refractivity contribution in [2.24, 2.45) is 0 Å². The average Bonchev–Trinajstić information content (AvgIpc) is 2.12. The van der Waals surface area contributed by atoms with Crippen molar-refractivity contribution >= 4 is 29.2 Å². The highest BCUT2D eigenvalue weighted by molar-refractivity contribution is 8.03. The van der Waals surface area contributed by atoms with E-state index in [1.165, 1.54) is 18.0 Å². The number of hydrogen-bond acceptors (Lipinski definition) is 6. The van der Waals surface area contributed by atoms with Gasteiger partial charge >= 0.3 is 0 Å². The molecule has 1 heterocycles. The van der Waals surface area contributed by atoms with E-state index in [0.717, 1.165) is 17.5 Å². The second-order valence-corrected chi connectivity index (χ2v) is 4.04. The third-order valence-electron chi connectivity index (χ3n) is 1.17. The summed E-state index contributed by atoms with van der Waals surface area (Å²) in [7, 11) is 0. The van der Waals surface area contributed by atoms with Crippen LogP contribution in [0.2, 0.25) is 0 Å². The highest BCUT2D eigenvalue weighted by Gasteiger charge is 2.04. The largest absolute Gasteiger partial charge is 0.395 e. The van der Waals surface area contributed by atoms with Gasteiger partial charge in [-0.25, -0.2) is 9.97 Å². The van der Waals surface area contributed by atoms with E-state index >= 15 is 0 Å². The van der Waals surface area contributed by atoms with Crippen LogP contribution < -0.4 is 5.73 Å². The molecule has 0 amide bonds. The van der Waals surface area contributed by atoms with Gasteiger partial charge in [0.2, 0.25) is 0 Å². The zero-order chi connectivity index (χ0) is 9.68. The minimum atomic E-state index is 0.451. The molecule has 2 N–H and O–H groups in total. The van der Waals surface area contributed by atoms with E-state index in [9.17, 15) is 0 Å². The normalized spacial score (nSPS) is 9.54.